The zero-order valence-electron chi connectivity index (χ0n) is 11.0. The predicted molar refractivity (Wildman–Crippen MR) is 65.6 cm³/mol. The molecular formula is C13H23NO3. The first-order valence-electron chi connectivity index (χ1n) is 6.52. The summed E-state index contributed by atoms with van der Waals surface area (Å²) in [6.07, 6.45) is 3.76. The fourth-order valence-corrected chi connectivity index (χ4v) is 2.11. The molecule has 0 aromatic carbocycles. The number of carboxylic acids is 1. The highest BCUT2D eigenvalue weighted by Gasteiger charge is 2.49. The van der Waals surface area contributed by atoms with Gasteiger partial charge in [0.05, 0.1) is 11.8 Å². The van der Waals surface area contributed by atoms with Crippen LogP contribution in [0.4, 0.5) is 0 Å². The van der Waals surface area contributed by atoms with Gasteiger partial charge < -0.3 is 10.0 Å². The van der Waals surface area contributed by atoms with E-state index in [1.54, 1.807) is 0 Å². The molecule has 1 fully saturated rings. The minimum absolute atomic E-state index is 0.0310. The van der Waals surface area contributed by atoms with E-state index in [-0.39, 0.29) is 17.9 Å². The average Bonchev–Trinajstić information content (AvgIpc) is 3.02. The molecule has 1 aliphatic rings. The predicted octanol–water partition coefficient (Wildman–Crippen LogP) is 2.13. The second kappa shape index (κ2) is 6.03. The fraction of sp³-hybridized carbons (Fsp3) is 0.846. The normalized spacial score (nSPS) is 22.6. The Hall–Kier alpha value is -1.06. The molecule has 1 N–H and O–H groups in total. The van der Waals surface area contributed by atoms with Gasteiger partial charge in [-0.3, -0.25) is 9.59 Å². The molecule has 0 saturated heterocycles. The molecule has 17 heavy (non-hydrogen) atoms. The summed E-state index contributed by atoms with van der Waals surface area (Å²) in [6, 6.07) is 0.161. The smallest absolute Gasteiger partial charge is 0.307 e. The van der Waals surface area contributed by atoms with E-state index >= 15 is 0 Å². The lowest BCUT2D eigenvalue weighted by Gasteiger charge is -2.27. The lowest BCUT2D eigenvalue weighted by atomic mass is 10.2. The number of aliphatic carboxylic acids is 1. The molecule has 1 saturated carbocycles. The second-order valence-corrected chi connectivity index (χ2v) is 5.12. The van der Waals surface area contributed by atoms with Crippen molar-refractivity contribution < 1.29 is 14.7 Å². The van der Waals surface area contributed by atoms with Crippen LogP contribution in [0.2, 0.25) is 0 Å². The van der Waals surface area contributed by atoms with E-state index in [1.807, 2.05) is 18.7 Å². The molecule has 4 heteroatoms. The molecule has 0 radical (unpaired) electrons. The summed E-state index contributed by atoms with van der Waals surface area (Å²) in [7, 11) is 0. The highest BCUT2D eigenvalue weighted by Crippen LogP contribution is 2.40. The van der Waals surface area contributed by atoms with Gasteiger partial charge in [-0.2, -0.15) is 0 Å². The van der Waals surface area contributed by atoms with E-state index in [1.165, 1.54) is 0 Å². The Morgan fingerprint density at radius 2 is 1.94 bits per heavy atom. The number of unbranched alkanes of at least 4 members (excludes halogenated alkanes) is 2. The van der Waals surface area contributed by atoms with Gasteiger partial charge in [0.25, 0.3) is 0 Å². The minimum atomic E-state index is -0.833. The third-order valence-electron chi connectivity index (χ3n) is 3.33. The molecule has 0 spiro atoms. The van der Waals surface area contributed by atoms with Crippen molar-refractivity contribution in [1.82, 2.24) is 4.90 Å². The van der Waals surface area contributed by atoms with Crippen molar-refractivity contribution in [3.63, 3.8) is 0 Å². The summed E-state index contributed by atoms with van der Waals surface area (Å²) in [5, 5.41) is 8.84. The highest BCUT2D eigenvalue weighted by atomic mass is 16.4. The molecule has 0 bridgehead atoms. The quantitative estimate of drug-likeness (QED) is 0.695. The maximum absolute atomic E-state index is 12.1. The summed E-state index contributed by atoms with van der Waals surface area (Å²) in [6.45, 7) is 6.86. The summed E-state index contributed by atoms with van der Waals surface area (Å²) in [4.78, 5) is 24.7. The van der Waals surface area contributed by atoms with Crippen LogP contribution >= 0.6 is 0 Å². The second-order valence-electron chi connectivity index (χ2n) is 5.12. The third-order valence-corrected chi connectivity index (χ3v) is 3.33. The van der Waals surface area contributed by atoms with Crippen LogP contribution < -0.4 is 0 Å². The monoisotopic (exact) mass is 241 g/mol. The molecule has 4 nitrogen and oxygen atoms in total. The maximum atomic E-state index is 12.1. The van der Waals surface area contributed by atoms with Gasteiger partial charge in [0.1, 0.15) is 0 Å². The first kappa shape index (κ1) is 14.0. The first-order chi connectivity index (χ1) is 7.99. The zero-order chi connectivity index (χ0) is 13.0. The van der Waals surface area contributed by atoms with E-state index in [9.17, 15) is 9.59 Å². The van der Waals surface area contributed by atoms with Gasteiger partial charge in [0, 0.05) is 12.6 Å². The zero-order valence-corrected chi connectivity index (χ0v) is 11.0. The van der Waals surface area contributed by atoms with E-state index in [0.29, 0.717) is 6.42 Å². The topological polar surface area (TPSA) is 57.6 Å². The molecule has 1 rings (SSSR count). The number of carbonyl (C=O) groups is 2. The van der Waals surface area contributed by atoms with Crippen molar-refractivity contribution in [3.05, 3.63) is 0 Å². The van der Waals surface area contributed by atoms with Crippen LogP contribution in [0.5, 0.6) is 0 Å². The fourth-order valence-electron chi connectivity index (χ4n) is 2.11. The number of amides is 1. The van der Waals surface area contributed by atoms with E-state index in [2.05, 4.69) is 6.92 Å². The van der Waals surface area contributed by atoms with E-state index in [4.69, 9.17) is 5.11 Å². The summed E-state index contributed by atoms with van der Waals surface area (Å²) in [5.41, 5.74) is 0. The number of carbonyl (C=O) groups excluding carboxylic acids is 1. The van der Waals surface area contributed by atoms with Gasteiger partial charge in [-0.05, 0) is 26.7 Å². The van der Waals surface area contributed by atoms with Crippen molar-refractivity contribution >= 4 is 11.9 Å². The Morgan fingerprint density at radius 3 is 2.35 bits per heavy atom. The van der Waals surface area contributed by atoms with Gasteiger partial charge in [-0.15, -0.1) is 0 Å². The van der Waals surface area contributed by atoms with Gasteiger partial charge in [-0.1, -0.05) is 19.8 Å². The lowest BCUT2D eigenvalue weighted by molar-refractivity contribution is -0.142. The SMILES string of the molecule is CCCCCN(C(=O)C1CC1C(=O)O)C(C)C. The van der Waals surface area contributed by atoms with Crippen molar-refractivity contribution in [2.24, 2.45) is 11.8 Å². The highest BCUT2D eigenvalue weighted by molar-refractivity contribution is 5.89. The number of carboxylic acid groups (broad SMARTS) is 1. The van der Waals surface area contributed by atoms with Gasteiger partial charge in [0.15, 0.2) is 0 Å². The maximum Gasteiger partial charge on any atom is 0.307 e. The first-order valence-corrected chi connectivity index (χ1v) is 6.52. The summed E-state index contributed by atoms with van der Waals surface area (Å²) >= 11 is 0. The summed E-state index contributed by atoms with van der Waals surface area (Å²) < 4.78 is 0. The van der Waals surface area contributed by atoms with Gasteiger partial charge in [-0.25, -0.2) is 0 Å². The number of hydrogen-bond acceptors (Lipinski definition) is 2. The van der Waals surface area contributed by atoms with Gasteiger partial charge in [0.2, 0.25) is 5.91 Å². The largest absolute Gasteiger partial charge is 0.481 e. The lowest BCUT2D eigenvalue weighted by Crippen LogP contribution is -2.39. The van der Waals surface area contributed by atoms with Gasteiger partial charge >= 0.3 is 5.97 Å². The summed E-state index contributed by atoms with van der Waals surface area (Å²) in [5.74, 6) is -1.50. The Labute approximate surface area is 103 Å². The number of hydrogen-bond donors (Lipinski definition) is 1. The molecule has 2 atom stereocenters. The van der Waals surface area contributed by atoms with E-state index < -0.39 is 11.9 Å². The molecular weight excluding hydrogens is 218 g/mol. The van der Waals surface area contributed by atoms with E-state index in [0.717, 1.165) is 25.8 Å². The van der Waals surface area contributed by atoms with Crippen molar-refractivity contribution in [1.29, 1.82) is 0 Å². The van der Waals surface area contributed by atoms with Crippen molar-refractivity contribution in [2.75, 3.05) is 6.54 Å². The van der Waals surface area contributed by atoms with Crippen LogP contribution in [0.3, 0.4) is 0 Å². The number of rotatable bonds is 7. The average molecular weight is 241 g/mol. The van der Waals surface area contributed by atoms with Crippen LogP contribution in [0.25, 0.3) is 0 Å². The van der Waals surface area contributed by atoms with Crippen molar-refractivity contribution in [2.45, 2.75) is 52.5 Å². The van der Waals surface area contributed by atoms with Crippen LogP contribution in [0, 0.1) is 11.8 Å². The molecule has 0 heterocycles. The molecule has 0 aliphatic heterocycles. The molecule has 0 aromatic rings. The third kappa shape index (κ3) is 3.72. The molecule has 98 valence electrons. The minimum Gasteiger partial charge on any atom is -0.481 e. The molecule has 0 aromatic heterocycles. The standard InChI is InChI=1S/C13H23NO3/c1-4-5-6-7-14(9(2)3)12(15)10-8-11(10)13(16)17/h9-11H,4-8H2,1-3H3,(H,16,17). The Bertz CT molecular complexity index is 288. The Balaban J connectivity index is 2.48. The van der Waals surface area contributed by atoms with Crippen molar-refractivity contribution in [3.8, 4) is 0 Å². The van der Waals surface area contributed by atoms with Crippen LogP contribution in [0.15, 0.2) is 0 Å². The van der Waals surface area contributed by atoms with Crippen LogP contribution in [-0.4, -0.2) is 34.5 Å². The Morgan fingerprint density at radius 1 is 1.29 bits per heavy atom. The van der Waals surface area contributed by atoms with Crippen LogP contribution in [-0.2, 0) is 9.59 Å². The molecule has 1 amide bonds. The molecule has 2 unspecified atom stereocenters. The number of nitrogens with zero attached hydrogens (tertiary/aromatic N) is 1. The molecule has 1 aliphatic carbocycles. The van der Waals surface area contributed by atoms with Crippen LogP contribution in [0.1, 0.15) is 46.5 Å². The Kier molecular flexibility index (Phi) is 4.97.